The van der Waals surface area contributed by atoms with Crippen molar-refractivity contribution in [1.82, 2.24) is 4.90 Å². The SMILES string of the molecule is CCC(C#N)N1CCC(=NO)CC1. The van der Waals surface area contributed by atoms with Gasteiger partial charge >= 0.3 is 0 Å². The van der Waals surface area contributed by atoms with Gasteiger partial charge in [-0.1, -0.05) is 12.1 Å². The van der Waals surface area contributed by atoms with E-state index in [0.29, 0.717) is 0 Å². The smallest absolute Gasteiger partial charge is 0.0975 e. The molecule has 1 N–H and O–H groups in total. The third kappa shape index (κ3) is 2.43. The van der Waals surface area contributed by atoms with Crippen molar-refractivity contribution in [3.8, 4) is 6.07 Å². The summed E-state index contributed by atoms with van der Waals surface area (Å²) in [4.78, 5) is 2.15. The highest BCUT2D eigenvalue weighted by molar-refractivity contribution is 5.84. The lowest BCUT2D eigenvalue weighted by molar-refractivity contribution is 0.224. The quantitative estimate of drug-likeness (QED) is 0.514. The lowest BCUT2D eigenvalue weighted by atomic mass is 10.1. The van der Waals surface area contributed by atoms with Gasteiger partial charge in [-0.15, -0.1) is 0 Å². The van der Waals surface area contributed by atoms with Crippen LogP contribution in [-0.4, -0.2) is 35.0 Å². The van der Waals surface area contributed by atoms with Crippen molar-refractivity contribution in [1.29, 1.82) is 5.26 Å². The number of rotatable bonds is 2. The van der Waals surface area contributed by atoms with Crippen LogP contribution in [0.25, 0.3) is 0 Å². The van der Waals surface area contributed by atoms with Crippen LogP contribution >= 0.6 is 0 Å². The van der Waals surface area contributed by atoms with Crippen LogP contribution < -0.4 is 0 Å². The number of likely N-dealkylation sites (tertiary alicyclic amines) is 1. The van der Waals surface area contributed by atoms with E-state index in [-0.39, 0.29) is 6.04 Å². The molecule has 1 fully saturated rings. The summed E-state index contributed by atoms with van der Waals surface area (Å²) in [5.41, 5.74) is 0.851. The summed E-state index contributed by atoms with van der Waals surface area (Å²) >= 11 is 0. The zero-order chi connectivity index (χ0) is 9.68. The number of piperidine rings is 1. The Balaban J connectivity index is 2.45. The Morgan fingerprint density at radius 3 is 2.62 bits per heavy atom. The van der Waals surface area contributed by atoms with E-state index in [0.717, 1.165) is 38.1 Å². The molecule has 0 aromatic rings. The van der Waals surface area contributed by atoms with E-state index >= 15 is 0 Å². The van der Waals surface area contributed by atoms with Crippen molar-refractivity contribution in [3.05, 3.63) is 0 Å². The molecule has 0 aromatic carbocycles. The molecule has 4 heteroatoms. The number of nitriles is 1. The Morgan fingerprint density at radius 2 is 2.23 bits per heavy atom. The molecule has 0 amide bonds. The minimum atomic E-state index is 0.0280. The predicted octanol–water partition coefficient (Wildman–Crippen LogP) is 1.21. The molecule has 1 aliphatic rings. The van der Waals surface area contributed by atoms with Crippen LogP contribution in [-0.2, 0) is 0 Å². The zero-order valence-electron chi connectivity index (χ0n) is 7.90. The molecule has 1 atom stereocenters. The average molecular weight is 181 g/mol. The monoisotopic (exact) mass is 181 g/mol. The number of oxime groups is 1. The maximum atomic E-state index is 8.83. The Kier molecular flexibility index (Phi) is 3.71. The highest BCUT2D eigenvalue weighted by Gasteiger charge is 2.21. The maximum absolute atomic E-state index is 8.83. The van der Waals surface area contributed by atoms with Crippen molar-refractivity contribution in [2.75, 3.05) is 13.1 Å². The van der Waals surface area contributed by atoms with Crippen LogP contribution in [0.4, 0.5) is 0 Å². The predicted molar refractivity (Wildman–Crippen MR) is 49.7 cm³/mol. The van der Waals surface area contributed by atoms with Crippen LogP contribution in [0.2, 0.25) is 0 Å². The van der Waals surface area contributed by atoms with Gasteiger partial charge in [0.2, 0.25) is 0 Å². The largest absolute Gasteiger partial charge is 0.411 e. The van der Waals surface area contributed by atoms with Crippen LogP contribution in [0.1, 0.15) is 26.2 Å². The minimum Gasteiger partial charge on any atom is -0.411 e. The first-order chi connectivity index (χ1) is 6.31. The molecule has 0 radical (unpaired) electrons. The first-order valence-electron chi connectivity index (χ1n) is 4.65. The van der Waals surface area contributed by atoms with Crippen molar-refractivity contribution in [2.45, 2.75) is 32.2 Å². The molecule has 1 unspecified atom stereocenters. The molecule has 0 saturated carbocycles. The molecule has 1 aliphatic heterocycles. The van der Waals surface area contributed by atoms with Crippen LogP contribution in [0.3, 0.4) is 0 Å². The summed E-state index contributed by atoms with van der Waals surface area (Å²) in [5.74, 6) is 0. The second-order valence-electron chi connectivity index (χ2n) is 3.26. The molecule has 0 spiro atoms. The van der Waals surface area contributed by atoms with Crippen molar-refractivity contribution in [2.24, 2.45) is 5.16 Å². The fraction of sp³-hybridized carbons (Fsp3) is 0.778. The van der Waals surface area contributed by atoms with E-state index < -0.39 is 0 Å². The normalized spacial score (nSPS) is 20.8. The molecule has 1 heterocycles. The number of hydrogen-bond acceptors (Lipinski definition) is 4. The molecule has 0 aromatic heterocycles. The van der Waals surface area contributed by atoms with Crippen LogP contribution in [0.5, 0.6) is 0 Å². The van der Waals surface area contributed by atoms with Gasteiger partial charge in [0.15, 0.2) is 0 Å². The summed E-state index contributed by atoms with van der Waals surface area (Å²) in [6, 6.07) is 2.31. The molecule has 0 aliphatic carbocycles. The minimum absolute atomic E-state index is 0.0280. The van der Waals surface area contributed by atoms with Gasteiger partial charge in [-0.3, -0.25) is 4.90 Å². The van der Waals surface area contributed by atoms with E-state index in [1.165, 1.54) is 0 Å². The average Bonchev–Trinajstić information content (AvgIpc) is 2.21. The Morgan fingerprint density at radius 1 is 1.62 bits per heavy atom. The van der Waals surface area contributed by atoms with Crippen LogP contribution in [0, 0.1) is 11.3 Å². The third-order valence-electron chi connectivity index (χ3n) is 2.49. The van der Waals surface area contributed by atoms with Crippen molar-refractivity contribution < 1.29 is 5.21 Å². The summed E-state index contributed by atoms with van der Waals surface area (Å²) in [6.45, 7) is 3.69. The van der Waals surface area contributed by atoms with Gasteiger partial charge < -0.3 is 5.21 Å². The highest BCUT2D eigenvalue weighted by atomic mass is 16.4. The van der Waals surface area contributed by atoms with Gasteiger partial charge in [-0.25, -0.2) is 0 Å². The van der Waals surface area contributed by atoms with E-state index in [2.05, 4.69) is 16.1 Å². The van der Waals surface area contributed by atoms with E-state index in [1.807, 2.05) is 6.92 Å². The topological polar surface area (TPSA) is 59.6 Å². The van der Waals surface area contributed by atoms with Crippen molar-refractivity contribution >= 4 is 5.71 Å². The number of nitrogens with zero attached hydrogens (tertiary/aromatic N) is 3. The molecule has 0 bridgehead atoms. The van der Waals surface area contributed by atoms with Gasteiger partial charge in [0.05, 0.1) is 17.8 Å². The fourth-order valence-electron chi connectivity index (χ4n) is 1.62. The lowest BCUT2D eigenvalue weighted by Gasteiger charge is -2.30. The van der Waals surface area contributed by atoms with E-state index in [4.69, 9.17) is 10.5 Å². The molecule has 4 nitrogen and oxygen atoms in total. The van der Waals surface area contributed by atoms with Crippen LogP contribution in [0.15, 0.2) is 5.16 Å². The molecule has 72 valence electrons. The summed E-state index contributed by atoms with van der Waals surface area (Å²) in [6.07, 6.45) is 2.44. The first-order valence-corrected chi connectivity index (χ1v) is 4.65. The summed E-state index contributed by atoms with van der Waals surface area (Å²) in [5, 5.41) is 20.6. The Labute approximate surface area is 78.4 Å². The standard InChI is InChI=1S/C9H15N3O/c1-2-9(7-10)12-5-3-8(11-13)4-6-12/h9,13H,2-6H2,1H3. The molecule has 1 saturated heterocycles. The zero-order valence-corrected chi connectivity index (χ0v) is 7.90. The molecule has 13 heavy (non-hydrogen) atoms. The van der Waals surface area contributed by atoms with Gasteiger partial charge in [-0.2, -0.15) is 5.26 Å². The van der Waals surface area contributed by atoms with Gasteiger partial charge in [-0.05, 0) is 6.42 Å². The number of hydrogen-bond donors (Lipinski definition) is 1. The molecular formula is C9H15N3O. The fourth-order valence-corrected chi connectivity index (χ4v) is 1.62. The second kappa shape index (κ2) is 4.83. The van der Waals surface area contributed by atoms with Gasteiger partial charge in [0, 0.05) is 25.9 Å². The Hall–Kier alpha value is -1.08. The first kappa shape index (κ1) is 10.0. The summed E-state index contributed by atoms with van der Waals surface area (Å²) < 4.78 is 0. The maximum Gasteiger partial charge on any atom is 0.0975 e. The molecular weight excluding hydrogens is 166 g/mol. The van der Waals surface area contributed by atoms with Crippen molar-refractivity contribution in [3.63, 3.8) is 0 Å². The van der Waals surface area contributed by atoms with E-state index in [9.17, 15) is 0 Å². The Bertz CT molecular complexity index is 222. The molecule has 1 rings (SSSR count). The lowest BCUT2D eigenvalue weighted by Crippen LogP contribution is -2.40. The van der Waals surface area contributed by atoms with E-state index in [1.54, 1.807) is 0 Å². The third-order valence-corrected chi connectivity index (χ3v) is 2.49. The second-order valence-corrected chi connectivity index (χ2v) is 3.26. The highest BCUT2D eigenvalue weighted by Crippen LogP contribution is 2.12. The van der Waals surface area contributed by atoms with Gasteiger partial charge in [0.25, 0.3) is 0 Å². The van der Waals surface area contributed by atoms with Gasteiger partial charge in [0.1, 0.15) is 0 Å². The summed E-state index contributed by atoms with van der Waals surface area (Å²) in [7, 11) is 0.